The van der Waals surface area contributed by atoms with Crippen LogP contribution in [-0.2, 0) is 9.53 Å². The summed E-state index contributed by atoms with van der Waals surface area (Å²) in [6, 6.07) is -0.295. The number of hydrogen-bond acceptors (Lipinski definition) is 5. The highest BCUT2D eigenvalue weighted by Crippen LogP contribution is 2.27. The minimum absolute atomic E-state index is 0.161. The van der Waals surface area contributed by atoms with E-state index in [9.17, 15) is 9.90 Å². The maximum atomic E-state index is 12.1. The fraction of sp³-hybridized carbons (Fsp3) is 0.917. The smallest absolute Gasteiger partial charge is 0.230 e. The molecule has 1 heterocycles. The number of rotatable bonds is 5. The van der Waals surface area contributed by atoms with Crippen molar-refractivity contribution < 1.29 is 14.6 Å². The van der Waals surface area contributed by atoms with E-state index >= 15 is 0 Å². The van der Waals surface area contributed by atoms with Gasteiger partial charge in [-0.25, -0.2) is 0 Å². The van der Waals surface area contributed by atoms with E-state index in [1.807, 2.05) is 19.0 Å². The van der Waals surface area contributed by atoms with Crippen LogP contribution in [0.15, 0.2) is 0 Å². The van der Waals surface area contributed by atoms with Crippen LogP contribution in [0, 0.1) is 5.41 Å². The van der Waals surface area contributed by atoms with Crippen molar-refractivity contribution in [2.75, 3.05) is 40.4 Å². The molecule has 0 aromatic carbocycles. The lowest BCUT2D eigenvalue weighted by molar-refractivity contribution is -0.132. The predicted molar refractivity (Wildman–Crippen MR) is 69.1 cm³/mol. The number of aliphatic hydroxyl groups is 1. The molecule has 0 saturated carbocycles. The third-order valence-corrected chi connectivity index (χ3v) is 3.32. The van der Waals surface area contributed by atoms with Crippen molar-refractivity contribution in [2.45, 2.75) is 25.5 Å². The second-order valence-electron chi connectivity index (χ2n) is 5.96. The van der Waals surface area contributed by atoms with Crippen LogP contribution in [-0.4, -0.2) is 68.0 Å². The highest BCUT2D eigenvalue weighted by molar-refractivity contribution is 5.83. The van der Waals surface area contributed by atoms with Crippen LogP contribution < -0.4 is 11.1 Å². The summed E-state index contributed by atoms with van der Waals surface area (Å²) in [5.74, 6) is -0.161. The van der Waals surface area contributed by atoms with E-state index in [1.165, 1.54) is 0 Å². The number of likely N-dealkylation sites (N-methyl/N-ethyl adjacent to an activating group) is 1. The van der Waals surface area contributed by atoms with Gasteiger partial charge in [0.25, 0.3) is 0 Å². The van der Waals surface area contributed by atoms with Crippen molar-refractivity contribution in [3.8, 4) is 0 Å². The molecule has 0 aromatic heterocycles. The Labute approximate surface area is 108 Å². The lowest BCUT2D eigenvalue weighted by Gasteiger charge is -2.30. The summed E-state index contributed by atoms with van der Waals surface area (Å²) in [5.41, 5.74) is 4.22. The van der Waals surface area contributed by atoms with E-state index < -0.39 is 11.0 Å². The molecule has 1 aliphatic rings. The lowest BCUT2D eigenvalue weighted by Crippen LogP contribution is -2.54. The van der Waals surface area contributed by atoms with Crippen molar-refractivity contribution in [3.63, 3.8) is 0 Å². The zero-order valence-corrected chi connectivity index (χ0v) is 11.7. The van der Waals surface area contributed by atoms with Crippen LogP contribution in [0.5, 0.6) is 0 Å². The molecule has 0 aromatic rings. The average Bonchev–Trinajstić information content (AvgIpc) is 2.55. The molecular weight excluding hydrogens is 234 g/mol. The van der Waals surface area contributed by atoms with Crippen molar-refractivity contribution in [3.05, 3.63) is 0 Å². The molecule has 0 spiro atoms. The summed E-state index contributed by atoms with van der Waals surface area (Å²) >= 11 is 0. The first-order valence-corrected chi connectivity index (χ1v) is 6.16. The van der Waals surface area contributed by atoms with Gasteiger partial charge in [-0.3, -0.25) is 4.79 Å². The number of ether oxygens (including phenoxy) is 1. The van der Waals surface area contributed by atoms with Gasteiger partial charge < -0.3 is 25.8 Å². The number of nitrogens with one attached hydrogen (secondary N) is 1. The van der Waals surface area contributed by atoms with Crippen LogP contribution in [0.25, 0.3) is 0 Å². The molecule has 1 aliphatic heterocycles. The molecule has 1 rings (SSSR count). The molecule has 1 fully saturated rings. The maximum absolute atomic E-state index is 12.1. The lowest BCUT2D eigenvalue weighted by atomic mass is 9.84. The Balaban J connectivity index is 2.51. The van der Waals surface area contributed by atoms with Gasteiger partial charge in [-0.15, -0.1) is 0 Å². The zero-order valence-electron chi connectivity index (χ0n) is 11.7. The molecule has 3 atom stereocenters. The molecule has 0 radical (unpaired) electrons. The predicted octanol–water partition coefficient (Wildman–Crippen LogP) is -1.22. The van der Waals surface area contributed by atoms with Gasteiger partial charge in [0.15, 0.2) is 0 Å². The summed E-state index contributed by atoms with van der Waals surface area (Å²) in [4.78, 5) is 14.0. The Kier molecular flexibility index (Phi) is 4.72. The van der Waals surface area contributed by atoms with Gasteiger partial charge in [-0.1, -0.05) is 0 Å². The molecule has 0 bridgehead atoms. The third-order valence-electron chi connectivity index (χ3n) is 3.32. The third kappa shape index (κ3) is 3.65. The summed E-state index contributed by atoms with van der Waals surface area (Å²) < 4.78 is 5.23. The normalized spacial score (nSPS) is 31.4. The van der Waals surface area contributed by atoms with Crippen molar-refractivity contribution in [2.24, 2.45) is 11.1 Å². The van der Waals surface area contributed by atoms with Crippen molar-refractivity contribution in [1.82, 2.24) is 10.2 Å². The standard InChI is InChI=1S/C12H25N3O3/c1-11(17,7-15(3)4)6-14-10(16)12(2)8-18-5-9(12)13/h9,17H,5-8,13H2,1-4H3,(H,14,16). The number of carbonyl (C=O) groups is 1. The molecule has 0 aliphatic carbocycles. The molecule has 4 N–H and O–H groups in total. The van der Waals surface area contributed by atoms with Gasteiger partial charge in [0, 0.05) is 19.1 Å². The molecule has 6 nitrogen and oxygen atoms in total. The van der Waals surface area contributed by atoms with Gasteiger partial charge in [-0.2, -0.15) is 0 Å². The first kappa shape index (κ1) is 15.4. The Morgan fingerprint density at radius 1 is 1.67 bits per heavy atom. The van der Waals surface area contributed by atoms with E-state index in [2.05, 4.69) is 5.32 Å². The van der Waals surface area contributed by atoms with E-state index in [1.54, 1.807) is 13.8 Å². The highest BCUT2D eigenvalue weighted by Gasteiger charge is 2.44. The summed E-state index contributed by atoms with van der Waals surface area (Å²) in [6.45, 7) is 4.90. The van der Waals surface area contributed by atoms with Gasteiger partial charge in [0.2, 0.25) is 5.91 Å². The fourth-order valence-electron chi connectivity index (χ4n) is 2.13. The van der Waals surface area contributed by atoms with Crippen LogP contribution in [0.1, 0.15) is 13.8 Å². The Hall–Kier alpha value is -0.690. The Morgan fingerprint density at radius 3 is 2.72 bits per heavy atom. The molecule has 6 heteroatoms. The van der Waals surface area contributed by atoms with E-state index in [0.717, 1.165) is 0 Å². The SMILES string of the molecule is CN(C)CC(C)(O)CNC(=O)C1(C)COCC1N. The first-order chi connectivity index (χ1) is 8.17. The van der Waals surface area contributed by atoms with Crippen LogP contribution in [0.2, 0.25) is 0 Å². The quantitative estimate of drug-likeness (QED) is 0.576. The monoisotopic (exact) mass is 259 g/mol. The first-order valence-electron chi connectivity index (χ1n) is 6.16. The van der Waals surface area contributed by atoms with Gasteiger partial charge in [0.1, 0.15) is 0 Å². The number of nitrogens with two attached hydrogens (primary N) is 1. The van der Waals surface area contributed by atoms with E-state index in [-0.39, 0.29) is 18.5 Å². The molecule has 18 heavy (non-hydrogen) atoms. The number of carbonyl (C=O) groups excluding carboxylic acids is 1. The maximum Gasteiger partial charge on any atom is 0.230 e. The molecule has 1 saturated heterocycles. The molecule has 106 valence electrons. The summed E-state index contributed by atoms with van der Waals surface area (Å²) in [5, 5.41) is 12.9. The Bertz CT molecular complexity index is 307. The van der Waals surface area contributed by atoms with Crippen LogP contribution >= 0.6 is 0 Å². The van der Waals surface area contributed by atoms with Crippen molar-refractivity contribution in [1.29, 1.82) is 0 Å². The van der Waals surface area contributed by atoms with Crippen LogP contribution in [0.3, 0.4) is 0 Å². The fourth-order valence-corrected chi connectivity index (χ4v) is 2.13. The zero-order chi connectivity index (χ0) is 14.0. The number of amides is 1. The molecule has 3 unspecified atom stereocenters. The Morgan fingerprint density at radius 2 is 2.28 bits per heavy atom. The van der Waals surface area contributed by atoms with Gasteiger partial charge in [-0.05, 0) is 27.9 Å². The average molecular weight is 259 g/mol. The molecule has 1 amide bonds. The minimum Gasteiger partial charge on any atom is -0.387 e. The van der Waals surface area contributed by atoms with E-state index in [0.29, 0.717) is 19.8 Å². The largest absolute Gasteiger partial charge is 0.387 e. The van der Waals surface area contributed by atoms with Gasteiger partial charge in [0.05, 0.1) is 24.2 Å². The van der Waals surface area contributed by atoms with Gasteiger partial charge >= 0.3 is 0 Å². The molecular formula is C12H25N3O3. The minimum atomic E-state index is -0.959. The number of nitrogens with zero attached hydrogens (tertiary/aromatic N) is 1. The topological polar surface area (TPSA) is 87.8 Å². The van der Waals surface area contributed by atoms with Crippen LogP contribution in [0.4, 0.5) is 0 Å². The second kappa shape index (κ2) is 5.52. The summed E-state index contributed by atoms with van der Waals surface area (Å²) in [7, 11) is 3.75. The highest BCUT2D eigenvalue weighted by atomic mass is 16.5. The second-order valence-corrected chi connectivity index (χ2v) is 5.96. The van der Waals surface area contributed by atoms with Crippen molar-refractivity contribution >= 4 is 5.91 Å². The number of hydrogen-bond donors (Lipinski definition) is 3. The van der Waals surface area contributed by atoms with E-state index in [4.69, 9.17) is 10.5 Å². The summed E-state index contributed by atoms with van der Waals surface area (Å²) in [6.07, 6.45) is 0.